The van der Waals surface area contributed by atoms with Crippen LogP contribution in [0.4, 0.5) is 4.79 Å². The van der Waals surface area contributed by atoms with Gasteiger partial charge in [0.15, 0.2) is 0 Å². The molecule has 1 heterocycles. The number of morpholine rings is 1. The molecule has 0 aromatic carbocycles. The highest BCUT2D eigenvalue weighted by atomic mass is 16.6. The summed E-state index contributed by atoms with van der Waals surface area (Å²) in [6, 6.07) is 0. The van der Waals surface area contributed by atoms with Crippen LogP contribution in [0.5, 0.6) is 0 Å². The van der Waals surface area contributed by atoms with Crippen molar-refractivity contribution in [3.63, 3.8) is 0 Å². The first kappa shape index (κ1) is 12.0. The second-order valence-electron chi connectivity index (χ2n) is 4.57. The van der Waals surface area contributed by atoms with Crippen molar-refractivity contribution in [1.29, 1.82) is 0 Å². The molecule has 4 nitrogen and oxygen atoms in total. The van der Waals surface area contributed by atoms with E-state index in [1.165, 1.54) is 0 Å². The molecule has 1 aliphatic heterocycles. The lowest BCUT2D eigenvalue weighted by Crippen LogP contribution is -2.46. The minimum absolute atomic E-state index is 0.0775. The Morgan fingerprint density at radius 1 is 1.60 bits per heavy atom. The Morgan fingerprint density at radius 3 is 2.80 bits per heavy atom. The summed E-state index contributed by atoms with van der Waals surface area (Å²) in [6.07, 6.45) is 1.35. The summed E-state index contributed by atoms with van der Waals surface area (Å²) in [4.78, 5) is 13.3. The normalized spacial score (nSPS) is 22.3. The molecule has 1 aliphatic rings. The molecular weight excluding hydrogens is 194 g/mol. The molecule has 1 saturated heterocycles. The summed E-state index contributed by atoms with van der Waals surface area (Å²) in [6.45, 7) is 10.9. The van der Waals surface area contributed by atoms with Gasteiger partial charge < -0.3 is 14.4 Å². The maximum Gasteiger partial charge on any atom is 0.410 e. The molecule has 0 saturated carbocycles. The molecule has 4 heteroatoms. The molecule has 1 fully saturated rings. The van der Waals surface area contributed by atoms with E-state index in [1.807, 2.05) is 20.8 Å². The third-order valence-electron chi connectivity index (χ3n) is 2.01. The fourth-order valence-corrected chi connectivity index (χ4v) is 1.31. The number of carbonyl (C=O) groups excluding carboxylic acids is 1. The van der Waals surface area contributed by atoms with E-state index in [0.717, 1.165) is 0 Å². The first-order valence-electron chi connectivity index (χ1n) is 5.14. The van der Waals surface area contributed by atoms with Crippen LogP contribution in [-0.4, -0.2) is 42.4 Å². The lowest BCUT2D eigenvalue weighted by Gasteiger charge is -2.33. The van der Waals surface area contributed by atoms with Crippen LogP contribution in [0, 0.1) is 0 Å². The molecular formula is C11H19NO3. The topological polar surface area (TPSA) is 38.8 Å². The van der Waals surface area contributed by atoms with E-state index in [2.05, 4.69) is 6.58 Å². The fourth-order valence-electron chi connectivity index (χ4n) is 1.31. The van der Waals surface area contributed by atoms with Crippen LogP contribution in [0.15, 0.2) is 12.7 Å². The summed E-state index contributed by atoms with van der Waals surface area (Å²) in [5.74, 6) is 0. The van der Waals surface area contributed by atoms with Gasteiger partial charge in [-0.25, -0.2) is 4.79 Å². The second-order valence-corrected chi connectivity index (χ2v) is 4.57. The highest BCUT2D eigenvalue weighted by Gasteiger charge is 2.26. The molecule has 0 aliphatic carbocycles. The van der Waals surface area contributed by atoms with Crippen molar-refractivity contribution in [2.75, 3.05) is 19.7 Å². The Morgan fingerprint density at radius 2 is 2.27 bits per heavy atom. The third-order valence-corrected chi connectivity index (χ3v) is 2.01. The number of rotatable bonds is 1. The number of hydrogen-bond donors (Lipinski definition) is 0. The number of carbonyl (C=O) groups is 1. The van der Waals surface area contributed by atoms with Crippen LogP contribution in [0.1, 0.15) is 20.8 Å². The first-order chi connectivity index (χ1) is 6.92. The van der Waals surface area contributed by atoms with Gasteiger partial charge in [-0.3, -0.25) is 0 Å². The lowest BCUT2D eigenvalue weighted by atomic mass is 10.2. The van der Waals surface area contributed by atoms with Crippen LogP contribution in [0.3, 0.4) is 0 Å². The van der Waals surface area contributed by atoms with Crippen LogP contribution in [0.2, 0.25) is 0 Å². The molecule has 0 bridgehead atoms. The SMILES string of the molecule is C=CC1CN(C(=O)OC(C)(C)C)CCO1. The molecule has 0 N–H and O–H groups in total. The van der Waals surface area contributed by atoms with Crippen molar-refractivity contribution < 1.29 is 14.3 Å². The number of hydrogen-bond acceptors (Lipinski definition) is 3. The Labute approximate surface area is 90.8 Å². The van der Waals surface area contributed by atoms with Crippen molar-refractivity contribution in [2.45, 2.75) is 32.5 Å². The first-order valence-corrected chi connectivity index (χ1v) is 5.14. The van der Waals surface area contributed by atoms with Crippen molar-refractivity contribution in [1.82, 2.24) is 4.90 Å². The highest BCUT2D eigenvalue weighted by Crippen LogP contribution is 2.13. The molecule has 0 aromatic rings. The minimum Gasteiger partial charge on any atom is -0.444 e. The molecule has 1 unspecified atom stereocenters. The smallest absolute Gasteiger partial charge is 0.410 e. The van der Waals surface area contributed by atoms with Gasteiger partial charge in [-0.05, 0) is 20.8 Å². The van der Waals surface area contributed by atoms with Gasteiger partial charge >= 0.3 is 6.09 Å². The highest BCUT2D eigenvalue weighted by molar-refractivity contribution is 5.68. The lowest BCUT2D eigenvalue weighted by molar-refractivity contribution is -0.0262. The zero-order chi connectivity index (χ0) is 11.5. The molecule has 86 valence electrons. The Balaban J connectivity index is 2.49. The van der Waals surface area contributed by atoms with Crippen LogP contribution in [0.25, 0.3) is 0 Å². The van der Waals surface area contributed by atoms with E-state index in [4.69, 9.17) is 9.47 Å². The van der Waals surface area contributed by atoms with E-state index < -0.39 is 5.60 Å². The zero-order valence-corrected chi connectivity index (χ0v) is 9.66. The van der Waals surface area contributed by atoms with Gasteiger partial charge in [0, 0.05) is 6.54 Å². The molecule has 1 atom stereocenters. The van der Waals surface area contributed by atoms with E-state index in [-0.39, 0.29) is 12.2 Å². The van der Waals surface area contributed by atoms with Gasteiger partial charge in [-0.15, -0.1) is 6.58 Å². The predicted molar refractivity (Wildman–Crippen MR) is 57.7 cm³/mol. The monoisotopic (exact) mass is 213 g/mol. The Hall–Kier alpha value is -1.03. The van der Waals surface area contributed by atoms with Crippen LogP contribution >= 0.6 is 0 Å². The fraction of sp³-hybridized carbons (Fsp3) is 0.727. The largest absolute Gasteiger partial charge is 0.444 e. The Kier molecular flexibility index (Phi) is 3.74. The number of nitrogens with zero attached hydrogens (tertiary/aromatic N) is 1. The van der Waals surface area contributed by atoms with E-state index in [0.29, 0.717) is 19.7 Å². The van der Waals surface area contributed by atoms with Crippen molar-refractivity contribution in [3.05, 3.63) is 12.7 Å². The minimum atomic E-state index is -0.445. The summed E-state index contributed by atoms with van der Waals surface area (Å²) in [5, 5.41) is 0. The van der Waals surface area contributed by atoms with Crippen molar-refractivity contribution >= 4 is 6.09 Å². The number of amides is 1. The molecule has 0 aromatic heterocycles. The maximum absolute atomic E-state index is 11.7. The zero-order valence-electron chi connectivity index (χ0n) is 9.66. The number of ether oxygens (including phenoxy) is 2. The average Bonchev–Trinajstić information content (AvgIpc) is 2.15. The molecule has 0 spiro atoms. The third kappa shape index (κ3) is 3.91. The van der Waals surface area contributed by atoms with E-state index in [1.54, 1.807) is 11.0 Å². The molecule has 15 heavy (non-hydrogen) atoms. The van der Waals surface area contributed by atoms with Gasteiger partial charge in [0.05, 0.1) is 19.3 Å². The molecule has 0 radical (unpaired) electrons. The molecule has 1 rings (SSSR count). The summed E-state index contributed by atoms with van der Waals surface area (Å²) >= 11 is 0. The standard InChI is InChI=1S/C11H19NO3/c1-5-9-8-12(6-7-14-9)10(13)15-11(2,3)4/h5,9H,1,6-8H2,2-4H3. The van der Waals surface area contributed by atoms with E-state index in [9.17, 15) is 4.79 Å². The van der Waals surface area contributed by atoms with Crippen LogP contribution < -0.4 is 0 Å². The summed E-state index contributed by atoms with van der Waals surface area (Å²) < 4.78 is 10.6. The Bertz CT molecular complexity index is 245. The summed E-state index contributed by atoms with van der Waals surface area (Å²) in [5.41, 5.74) is -0.445. The van der Waals surface area contributed by atoms with Crippen molar-refractivity contribution in [2.24, 2.45) is 0 Å². The van der Waals surface area contributed by atoms with Gasteiger partial charge in [-0.2, -0.15) is 0 Å². The van der Waals surface area contributed by atoms with Crippen LogP contribution in [-0.2, 0) is 9.47 Å². The van der Waals surface area contributed by atoms with E-state index >= 15 is 0 Å². The summed E-state index contributed by atoms with van der Waals surface area (Å²) in [7, 11) is 0. The van der Waals surface area contributed by atoms with Crippen molar-refractivity contribution in [3.8, 4) is 0 Å². The average molecular weight is 213 g/mol. The molecule has 1 amide bonds. The van der Waals surface area contributed by atoms with Gasteiger partial charge in [-0.1, -0.05) is 6.08 Å². The van der Waals surface area contributed by atoms with Gasteiger partial charge in [0.25, 0.3) is 0 Å². The second kappa shape index (κ2) is 4.66. The van der Waals surface area contributed by atoms with Gasteiger partial charge in [0.2, 0.25) is 0 Å². The predicted octanol–water partition coefficient (Wildman–Crippen LogP) is 1.81. The van der Waals surface area contributed by atoms with Gasteiger partial charge in [0.1, 0.15) is 5.60 Å². The maximum atomic E-state index is 11.7. The quantitative estimate of drug-likeness (QED) is 0.623.